The van der Waals surface area contributed by atoms with Gasteiger partial charge in [0.1, 0.15) is 12.0 Å². The van der Waals surface area contributed by atoms with E-state index in [1.54, 1.807) is 0 Å². The van der Waals surface area contributed by atoms with Crippen LogP contribution in [-0.4, -0.2) is 35.2 Å². The van der Waals surface area contributed by atoms with Gasteiger partial charge in [0.2, 0.25) is 17.7 Å². The summed E-state index contributed by atoms with van der Waals surface area (Å²) in [5, 5.41) is 2.08. The molecule has 3 N–H and O–H groups in total. The molecule has 0 radical (unpaired) electrons. The minimum absolute atomic E-state index is 0.417. The van der Waals surface area contributed by atoms with Crippen LogP contribution in [0.5, 0.6) is 0 Å². The third kappa shape index (κ3) is 1.28. The second-order valence-electron chi connectivity index (χ2n) is 4.05. The molecule has 5 amide bonds. The smallest absolute Gasteiger partial charge is 0.331 e. The molecule has 1 aliphatic heterocycles. The monoisotopic (exact) mass is 225 g/mol. The summed E-state index contributed by atoms with van der Waals surface area (Å²) in [5.41, 5.74) is 3.80. The van der Waals surface area contributed by atoms with Crippen LogP contribution in [0, 0.1) is 5.41 Å². The lowest BCUT2D eigenvalue weighted by Crippen LogP contribution is -2.67. The van der Waals surface area contributed by atoms with Gasteiger partial charge in [-0.1, -0.05) is 6.42 Å². The predicted molar refractivity (Wildman–Crippen MR) is 50.7 cm³/mol. The van der Waals surface area contributed by atoms with E-state index in [4.69, 9.17) is 5.73 Å². The zero-order chi connectivity index (χ0) is 11.9. The molecule has 0 atom stereocenters. The number of hydrogen-bond donors (Lipinski definition) is 2. The quantitative estimate of drug-likeness (QED) is 0.570. The zero-order valence-electron chi connectivity index (χ0n) is 8.49. The van der Waals surface area contributed by atoms with Crippen LogP contribution in [0.1, 0.15) is 19.3 Å². The number of nitrogens with zero attached hydrogens (tertiary/aromatic N) is 1. The number of imide groups is 2. The fraction of sp³-hybridized carbons (Fsp3) is 0.556. The lowest BCUT2D eigenvalue weighted by molar-refractivity contribution is -0.158. The highest BCUT2D eigenvalue weighted by atomic mass is 16.2. The van der Waals surface area contributed by atoms with E-state index in [2.05, 4.69) is 5.32 Å². The average Bonchev–Trinajstić information content (AvgIpc) is 2.09. The fourth-order valence-electron chi connectivity index (χ4n) is 2.00. The van der Waals surface area contributed by atoms with Crippen LogP contribution < -0.4 is 11.1 Å². The molecule has 16 heavy (non-hydrogen) atoms. The first-order valence-electron chi connectivity index (χ1n) is 4.93. The molecule has 1 heterocycles. The maximum absolute atomic E-state index is 11.9. The minimum atomic E-state index is -1.14. The summed E-state index contributed by atoms with van der Waals surface area (Å²) in [6.07, 6.45) is 1.60. The first kappa shape index (κ1) is 10.6. The number of carbonyl (C=O) groups excluding carboxylic acids is 4. The highest BCUT2D eigenvalue weighted by Gasteiger charge is 2.57. The van der Waals surface area contributed by atoms with Crippen LogP contribution in [0.2, 0.25) is 0 Å². The Labute approximate surface area is 90.9 Å². The van der Waals surface area contributed by atoms with Gasteiger partial charge in [-0.15, -0.1) is 0 Å². The largest absolute Gasteiger partial charge is 0.368 e. The van der Waals surface area contributed by atoms with E-state index in [0.29, 0.717) is 17.7 Å². The maximum Gasteiger partial charge on any atom is 0.331 e. The normalized spacial score (nSPS) is 23.0. The Hall–Kier alpha value is -1.92. The molecule has 2 rings (SSSR count). The molecule has 7 nitrogen and oxygen atoms in total. The van der Waals surface area contributed by atoms with E-state index in [0.717, 1.165) is 6.42 Å². The number of hydrogen-bond acceptors (Lipinski definition) is 4. The Morgan fingerprint density at radius 1 is 1.38 bits per heavy atom. The Bertz CT molecular complexity index is 400. The van der Waals surface area contributed by atoms with Gasteiger partial charge in [-0.05, 0) is 12.8 Å². The molecule has 0 aromatic rings. The molecule has 1 saturated heterocycles. The van der Waals surface area contributed by atoms with Crippen molar-refractivity contribution in [1.82, 2.24) is 10.2 Å². The summed E-state index contributed by atoms with van der Waals surface area (Å²) in [6.45, 7) is -0.486. The van der Waals surface area contributed by atoms with Crippen LogP contribution in [-0.2, 0) is 14.4 Å². The van der Waals surface area contributed by atoms with Crippen molar-refractivity contribution in [2.45, 2.75) is 19.3 Å². The van der Waals surface area contributed by atoms with Gasteiger partial charge in [0, 0.05) is 0 Å². The second kappa shape index (κ2) is 3.29. The van der Waals surface area contributed by atoms with Crippen molar-refractivity contribution in [3.63, 3.8) is 0 Å². The number of amides is 5. The van der Waals surface area contributed by atoms with Gasteiger partial charge in [-0.2, -0.15) is 0 Å². The predicted octanol–water partition coefficient (Wildman–Crippen LogP) is -1.28. The van der Waals surface area contributed by atoms with Crippen LogP contribution in [0.15, 0.2) is 0 Å². The number of nitrogens with one attached hydrogen (secondary N) is 1. The SMILES string of the molecule is NC(=O)CN1C(=O)NC(=O)C2(CCC2)C1=O. The number of urea groups is 1. The summed E-state index contributed by atoms with van der Waals surface area (Å²) < 4.78 is 0. The van der Waals surface area contributed by atoms with Crippen LogP contribution in [0.3, 0.4) is 0 Å². The average molecular weight is 225 g/mol. The summed E-state index contributed by atoms with van der Waals surface area (Å²) in [7, 11) is 0. The highest BCUT2D eigenvalue weighted by molar-refractivity contribution is 6.20. The first-order valence-corrected chi connectivity index (χ1v) is 4.93. The summed E-state index contributed by atoms with van der Waals surface area (Å²) >= 11 is 0. The molecule has 2 fully saturated rings. The molecule has 1 aliphatic carbocycles. The molecule has 1 spiro atoms. The molecular weight excluding hydrogens is 214 g/mol. The molecule has 0 bridgehead atoms. The first-order chi connectivity index (χ1) is 7.47. The van der Waals surface area contributed by atoms with Gasteiger partial charge in [0.25, 0.3) is 0 Å². The Morgan fingerprint density at radius 3 is 2.44 bits per heavy atom. The van der Waals surface area contributed by atoms with Crippen molar-refractivity contribution < 1.29 is 19.2 Å². The van der Waals surface area contributed by atoms with Crippen molar-refractivity contribution >= 4 is 23.8 Å². The third-order valence-corrected chi connectivity index (χ3v) is 3.08. The number of carbonyl (C=O) groups is 4. The van der Waals surface area contributed by atoms with E-state index < -0.39 is 35.7 Å². The molecular formula is C9H11N3O4. The van der Waals surface area contributed by atoms with E-state index in [1.807, 2.05) is 0 Å². The Balaban J connectivity index is 2.26. The molecule has 0 unspecified atom stereocenters. The standard InChI is InChI=1S/C9H11N3O4/c10-5(13)4-12-7(15)9(2-1-3-9)6(14)11-8(12)16/h1-4H2,(H2,10,13)(H,11,14,16). The lowest BCUT2D eigenvalue weighted by atomic mass is 9.66. The Kier molecular flexibility index (Phi) is 2.18. The fourth-order valence-corrected chi connectivity index (χ4v) is 2.00. The number of primary amides is 1. The van der Waals surface area contributed by atoms with Crippen molar-refractivity contribution in [3.8, 4) is 0 Å². The lowest BCUT2D eigenvalue weighted by Gasteiger charge is -2.44. The van der Waals surface area contributed by atoms with Gasteiger partial charge < -0.3 is 5.73 Å². The van der Waals surface area contributed by atoms with Crippen molar-refractivity contribution in [2.75, 3.05) is 6.54 Å². The summed E-state index contributed by atoms with van der Waals surface area (Å²) in [6, 6.07) is -0.869. The zero-order valence-corrected chi connectivity index (χ0v) is 8.49. The molecule has 7 heteroatoms. The summed E-state index contributed by atoms with van der Waals surface area (Å²) in [5.74, 6) is -1.95. The van der Waals surface area contributed by atoms with Crippen molar-refractivity contribution in [2.24, 2.45) is 11.1 Å². The van der Waals surface area contributed by atoms with E-state index in [9.17, 15) is 19.2 Å². The van der Waals surface area contributed by atoms with E-state index in [-0.39, 0.29) is 0 Å². The van der Waals surface area contributed by atoms with E-state index in [1.165, 1.54) is 0 Å². The topological polar surface area (TPSA) is 110 Å². The molecule has 1 saturated carbocycles. The second-order valence-corrected chi connectivity index (χ2v) is 4.05. The summed E-state index contributed by atoms with van der Waals surface area (Å²) in [4.78, 5) is 46.3. The van der Waals surface area contributed by atoms with Crippen molar-refractivity contribution in [3.05, 3.63) is 0 Å². The third-order valence-electron chi connectivity index (χ3n) is 3.08. The number of rotatable bonds is 2. The maximum atomic E-state index is 11.9. The molecule has 0 aromatic heterocycles. The number of nitrogens with two attached hydrogens (primary N) is 1. The molecule has 2 aliphatic rings. The molecule has 86 valence electrons. The molecule has 0 aromatic carbocycles. The minimum Gasteiger partial charge on any atom is -0.368 e. The number of barbiturate groups is 1. The van der Waals surface area contributed by atoms with Crippen LogP contribution >= 0.6 is 0 Å². The van der Waals surface area contributed by atoms with Crippen molar-refractivity contribution in [1.29, 1.82) is 0 Å². The van der Waals surface area contributed by atoms with Crippen LogP contribution in [0.25, 0.3) is 0 Å². The van der Waals surface area contributed by atoms with Gasteiger partial charge in [-0.3, -0.25) is 24.6 Å². The van der Waals surface area contributed by atoms with Gasteiger partial charge in [0.15, 0.2) is 0 Å². The highest BCUT2D eigenvalue weighted by Crippen LogP contribution is 2.44. The van der Waals surface area contributed by atoms with E-state index >= 15 is 0 Å². The Morgan fingerprint density at radius 2 is 2.00 bits per heavy atom. The van der Waals surface area contributed by atoms with Crippen LogP contribution in [0.4, 0.5) is 4.79 Å². The van der Waals surface area contributed by atoms with Gasteiger partial charge >= 0.3 is 6.03 Å². The van der Waals surface area contributed by atoms with Gasteiger partial charge in [0.05, 0.1) is 0 Å². The van der Waals surface area contributed by atoms with Gasteiger partial charge in [-0.25, -0.2) is 4.79 Å².